The van der Waals surface area contributed by atoms with Crippen LogP contribution in [0, 0.1) is 5.92 Å². The van der Waals surface area contributed by atoms with Gasteiger partial charge in [0.2, 0.25) is 5.91 Å². The predicted molar refractivity (Wildman–Crippen MR) is 55.9 cm³/mol. The Balaban J connectivity index is 1.71. The number of nitrogens with zero attached hydrogens (tertiary/aromatic N) is 1. The molecule has 2 fully saturated rings. The summed E-state index contributed by atoms with van der Waals surface area (Å²) < 4.78 is 5.41. The summed E-state index contributed by atoms with van der Waals surface area (Å²) in [4.78, 5) is 24.0. The number of hydrogen-bond acceptors (Lipinski definition) is 3. The van der Waals surface area contributed by atoms with E-state index in [1.807, 2.05) is 0 Å². The summed E-state index contributed by atoms with van der Waals surface area (Å²) in [7, 11) is 0. The summed E-state index contributed by atoms with van der Waals surface area (Å²) >= 11 is 0. The molecule has 1 atom stereocenters. The first-order chi connectivity index (χ1) is 7.66. The van der Waals surface area contributed by atoms with Crippen LogP contribution in [0.1, 0.15) is 25.7 Å². The minimum atomic E-state index is -0.810. The van der Waals surface area contributed by atoms with E-state index in [1.54, 1.807) is 4.90 Å². The van der Waals surface area contributed by atoms with Gasteiger partial charge in [-0.05, 0) is 25.7 Å². The van der Waals surface area contributed by atoms with Crippen molar-refractivity contribution in [1.82, 2.24) is 4.90 Å². The molecule has 1 saturated carbocycles. The molecule has 1 aliphatic heterocycles. The number of ether oxygens (including phenoxy) is 1. The van der Waals surface area contributed by atoms with Gasteiger partial charge < -0.3 is 14.7 Å². The minimum absolute atomic E-state index is 0.0735. The Morgan fingerprint density at radius 3 is 2.56 bits per heavy atom. The lowest BCUT2D eigenvalue weighted by atomic mass is 9.96. The van der Waals surface area contributed by atoms with E-state index >= 15 is 0 Å². The van der Waals surface area contributed by atoms with Gasteiger partial charge in [0, 0.05) is 13.1 Å². The van der Waals surface area contributed by atoms with Gasteiger partial charge in [0.1, 0.15) is 6.61 Å². The first-order valence-corrected chi connectivity index (χ1v) is 5.79. The molecule has 90 valence electrons. The molecule has 0 bridgehead atoms. The van der Waals surface area contributed by atoms with Gasteiger partial charge in [0.25, 0.3) is 0 Å². The van der Waals surface area contributed by atoms with E-state index in [0.29, 0.717) is 19.5 Å². The fourth-order valence-electron chi connectivity index (χ4n) is 2.01. The van der Waals surface area contributed by atoms with Gasteiger partial charge in [0.15, 0.2) is 0 Å². The van der Waals surface area contributed by atoms with Crippen LogP contribution in [0.25, 0.3) is 0 Å². The topological polar surface area (TPSA) is 66.8 Å². The van der Waals surface area contributed by atoms with Crippen molar-refractivity contribution in [3.8, 4) is 0 Å². The fraction of sp³-hybridized carbons (Fsp3) is 0.818. The molecule has 0 spiro atoms. The van der Waals surface area contributed by atoms with Gasteiger partial charge in [-0.3, -0.25) is 9.59 Å². The number of hydrogen-bond donors (Lipinski definition) is 1. The Kier molecular flexibility index (Phi) is 3.43. The van der Waals surface area contributed by atoms with Crippen LogP contribution in [-0.4, -0.2) is 47.7 Å². The average Bonchev–Trinajstić information content (AvgIpc) is 2.63. The molecular formula is C11H17NO4. The second kappa shape index (κ2) is 4.82. The number of likely N-dealkylation sites (tertiary alicyclic amines) is 1. The SMILES string of the molecule is O=C(O)[C@H]1CCN(C(=O)COC2CCC2)C1. The van der Waals surface area contributed by atoms with Crippen LogP contribution in [0.2, 0.25) is 0 Å². The van der Waals surface area contributed by atoms with E-state index in [9.17, 15) is 9.59 Å². The maximum atomic E-state index is 11.7. The van der Waals surface area contributed by atoms with Gasteiger partial charge in [-0.15, -0.1) is 0 Å². The van der Waals surface area contributed by atoms with Crippen molar-refractivity contribution in [1.29, 1.82) is 0 Å². The molecule has 2 rings (SSSR count). The normalized spacial score (nSPS) is 25.5. The van der Waals surface area contributed by atoms with Gasteiger partial charge in [0.05, 0.1) is 12.0 Å². The van der Waals surface area contributed by atoms with E-state index in [-0.39, 0.29) is 18.6 Å². The molecule has 1 N–H and O–H groups in total. The van der Waals surface area contributed by atoms with E-state index in [4.69, 9.17) is 9.84 Å². The van der Waals surface area contributed by atoms with Crippen LogP contribution in [-0.2, 0) is 14.3 Å². The van der Waals surface area contributed by atoms with Crippen LogP contribution in [0.15, 0.2) is 0 Å². The molecule has 0 radical (unpaired) electrons. The molecule has 5 heteroatoms. The lowest BCUT2D eigenvalue weighted by Crippen LogP contribution is -2.35. The van der Waals surface area contributed by atoms with Crippen LogP contribution in [0.5, 0.6) is 0 Å². The number of carboxylic acid groups (broad SMARTS) is 1. The molecule has 1 saturated heterocycles. The molecule has 5 nitrogen and oxygen atoms in total. The molecule has 1 amide bonds. The lowest BCUT2D eigenvalue weighted by molar-refractivity contribution is -0.142. The van der Waals surface area contributed by atoms with Crippen LogP contribution in [0.3, 0.4) is 0 Å². The Hall–Kier alpha value is -1.10. The second-order valence-electron chi connectivity index (χ2n) is 4.53. The zero-order chi connectivity index (χ0) is 11.5. The van der Waals surface area contributed by atoms with Crippen molar-refractivity contribution in [2.75, 3.05) is 19.7 Å². The van der Waals surface area contributed by atoms with E-state index < -0.39 is 11.9 Å². The minimum Gasteiger partial charge on any atom is -0.481 e. The van der Waals surface area contributed by atoms with Crippen molar-refractivity contribution < 1.29 is 19.4 Å². The summed E-state index contributed by atoms with van der Waals surface area (Å²) in [6.45, 7) is 0.989. The monoisotopic (exact) mass is 227 g/mol. The van der Waals surface area contributed by atoms with Crippen molar-refractivity contribution in [2.45, 2.75) is 31.8 Å². The number of carbonyl (C=O) groups excluding carboxylic acids is 1. The van der Waals surface area contributed by atoms with E-state index in [0.717, 1.165) is 12.8 Å². The first-order valence-electron chi connectivity index (χ1n) is 5.79. The average molecular weight is 227 g/mol. The number of amides is 1. The number of rotatable bonds is 4. The van der Waals surface area contributed by atoms with Gasteiger partial charge in [-0.1, -0.05) is 0 Å². The summed E-state index contributed by atoms with van der Waals surface area (Å²) in [5.41, 5.74) is 0. The maximum absolute atomic E-state index is 11.7. The fourth-order valence-corrected chi connectivity index (χ4v) is 2.01. The summed E-state index contributed by atoms with van der Waals surface area (Å²) in [6.07, 6.45) is 4.09. The molecule has 0 aromatic carbocycles. The molecule has 2 aliphatic rings. The highest BCUT2D eigenvalue weighted by atomic mass is 16.5. The van der Waals surface area contributed by atoms with Crippen LogP contribution >= 0.6 is 0 Å². The Morgan fingerprint density at radius 2 is 2.06 bits per heavy atom. The Bertz CT molecular complexity index is 288. The zero-order valence-corrected chi connectivity index (χ0v) is 9.22. The number of carboxylic acids is 1. The second-order valence-corrected chi connectivity index (χ2v) is 4.53. The third kappa shape index (κ3) is 2.52. The van der Waals surface area contributed by atoms with Crippen molar-refractivity contribution >= 4 is 11.9 Å². The van der Waals surface area contributed by atoms with Gasteiger partial charge in [-0.2, -0.15) is 0 Å². The van der Waals surface area contributed by atoms with E-state index in [1.165, 1.54) is 6.42 Å². The third-order valence-corrected chi connectivity index (χ3v) is 3.38. The zero-order valence-electron chi connectivity index (χ0n) is 9.22. The van der Waals surface area contributed by atoms with Gasteiger partial charge >= 0.3 is 5.97 Å². The maximum Gasteiger partial charge on any atom is 0.308 e. The van der Waals surface area contributed by atoms with Gasteiger partial charge in [-0.25, -0.2) is 0 Å². The van der Waals surface area contributed by atoms with Crippen molar-refractivity contribution in [3.05, 3.63) is 0 Å². The summed E-state index contributed by atoms with van der Waals surface area (Å²) in [6, 6.07) is 0. The summed E-state index contributed by atoms with van der Waals surface area (Å²) in [5, 5.41) is 8.81. The highest BCUT2D eigenvalue weighted by Crippen LogP contribution is 2.22. The lowest BCUT2D eigenvalue weighted by Gasteiger charge is -2.26. The Labute approximate surface area is 94.4 Å². The highest BCUT2D eigenvalue weighted by molar-refractivity contribution is 5.79. The summed E-state index contributed by atoms with van der Waals surface area (Å²) in [5.74, 6) is -1.28. The largest absolute Gasteiger partial charge is 0.481 e. The number of aliphatic carboxylic acids is 1. The quantitative estimate of drug-likeness (QED) is 0.759. The van der Waals surface area contributed by atoms with Crippen molar-refractivity contribution in [3.63, 3.8) is 0 Å². The van der Waals surface area contributed by atoms with E-state index in [2.05, 4.69) is 0 Å². The molecular weight excluding hydrogens is 210 g/mol. The van der Waals surface area contributed by atoms with Crippen molar-refractivity contribution in [2.24, 2.45) is 5.92 Å². The first kappa shape index (κ1) is 11.4. The molecule has 16 heavy (non-hydrogen) atoms. The molecule has 0 unspecified atom stereocenters. The Morgan fingerprint density at radius 1 is 1.31 bits per heavy atom. The van der Waals surface area contributed by atoms with Crippen LogP contribution in [0.4, 0.5) is 0 Å². The van der Waals surface area contributed by atoms with Crippen LogP contribution < -0.4 is 0 Å². The standard InChI is InChI=1S/C11H17NO4/c13-10(7-16-9-2-1-3-9)12-5-4-8(6-12)11(14)15/h8-9H,1-7H2,(H,14,15)/t8-/m0/s1. The molecule has 0 aromatic rings. The highest BCUT2D eigenvalue weighted by Gasteiger charge is 2.31. The molecule has 0 aromatic heterocycles. The molecule has 1 heterocycles. The predicted octanol–water partition coefficient (Wildman–Crippen LogP) is 0.489. The molecule has 1 aliphatic carbocycles. The smallest absolute Gasteiger partial charge is 0.308 e. The third-order valence-electron chi connectivity index (χ3n) is 3.38. The number of carbonyl (C=O) groups is 2.